The Morgan fingerprint density at radius 3 is 2.81 bits per heavy atom. The fraction of sp³-hybridized carbons (Fsp3) is 0.467. The standard InChI is InChI=1S/C15H17N3O2.ClH/c16-15(6-3-7-15)14-17-13(20-18-14)11-8-10-4-1-2-5-12(10)19-9-11;/h1-2,4-5,11H,3,6-9,16H2;1H. The van der Waals surface area contributed by atoms with Crippen LogP contribution < -0.4 is 10.5 Å². The molecule has 1 aromatic heterocycles. The predicted octanol–water partition coefficient (Wildman–Crippen LogP) is 2.55. The first-order valence-corrected chi connectivity index (χ1v) is 7.08. The summed E-state index contributed by atoms with van der Waals surface area (Å²) in [6.07, 6.45) is 3.89. The highest BCUT2D eigenvalue weighted by molar-refractivity contribution is 5.85. The fourth-order valence-electron chi connectivity index (χ4n) is 2.87. The molecule has 112 valence electrons. The third kappa shape index (κ3) is 2.40. The summed E-state index contributed by atoms with van der Waals surface area (Å²) in [4.78, 5) is 4.52. The van der Waals surface area contributed by atoms with Crippen LogP contribution in [0.2, 0.25) is 0 Å². The Bertz CT molecular complexity index is 639. The summed E-state index contributed by atoms with van der Waals surface area (Å²) in [5.74, 6) is 2.37. The Kier molecular flexibility index (Phi) is 3.63. The van der Waals surface area contributed by atoms with Gasteiger partial charge in [0.1, 0.15) is 12.4 Å². The van der Waals surface area contributed by atoms with E-state index < -0.39 is 0 Å². The maximum atomic E-state index is 6.23. The average molecular weight is 308 g/mol. The largest absolute Gasteiger partial charge is 0.492 e. The summed E-state index contributed by atoms with van der Waals surface area (Å²) >= 11 is 0. The van der Waals surface area contributed by atoms with Crippen molar-refractivity contribution >= 4 is 12.4 Å². The summed E-state index contributed by atoms with van der Waals surface area (Å²) in [6.45, 7) is 0.580. The van der Waals surface area contributed by atoms with Gasteiger partial charge in [-0.05, 0) is 37.3 Å². The number of hydrogen-bond donors (Lipinski definition) is 1. The van der Waals surface area contributed by atoms with Crippen molar-refractivity contribution in [2.24, 2.45) is 5.73 Å². The molecule has 0 bridgehead atoms. The van der Waals surface area contributed by atoms with Crippen molar-refractivity contribution in [2.75, 3.05) is 6.61 Å². The molecule has 2 aromatic rings. The van der Waals surface area contributed by atoms with E-state index in [-0.39, 0.29) is 23.9 Å². The van der Waals surface area contributed by atoms with Crippen LogP contribution in [0.25, 0.3) is 0 Å². The molecule has 0 spiro atoms. The van der Waals surface area contributed by atoms with E-state index in [0.29, 0.717) is 18.3 Å². The molecule has 1 aliphatic carbocycles. The Hall–Kier alpha value is -1.59. The van der Waals surface area contributed by atoms with Crippen molar-refractivity contribution in [3.63, 3.8) is 0 Å². The predicted molar refractivity (Wildman–Crippen MR) is 79.6 cm³/mol. The lowest BCUT2D eigenvalue weighted by atomic mass is 9.77. The molecule has 1 saturated carbocycles. The molecule has 1 atom stereocenters. The van der Waals surface area contributed by atoms with Crippen LogP contribution >= 0.6 is 12.4 Å². The van der Waals surface area contributed by atoms with Gasteiger partial charge in [0.05, 0.1) is 11.5 Å². The van der Waals surface area contributed by atoms with Crippen LogP contribution in [0.5, 0.6) is 5.75 Å². The number of ether oxygens (including phenoxy) is 1. The van der Waals surface area contributed by atoms with Gasteiger partial charge in [-0.25, -0.2) is 0 Å². The molecule has 1 unspecified atom stereocenters. The lowest BCUT2D eigenvalue weighted by molar-refractivity contribution is 0.220. The molecule has 5 nitrogen and oxygen atoms in total. The van der Waals surface area contributed by atoms with Crippen LogP contribution in [0.15, 0.2) is 28.8 Å². The van der Waals surface area contributed by atoms with Gasteiger partial charge >= 0.3 is 0 Å². The summed E-state index contributed by atoms with van der Waals surface area (Å²) in [6, 6.07) is 8.08. The van der Waals surface area contributed by atoms with Gasteiger partial charge < -0.3 is 15.0 Å². The highest BCUT2D eigenvalue weighted by Gasteiger charge is 2.39. The zero-order chi connectivity index (χ0) is 13.6. The fourth-order valence-corrected chi connectivity index (χ4v) is 2.87. The van der Waals surface area contributed by atoms with E-state index in [4.69, 9.17) is 15.0 Å². The minimum absolute atomic E-state index is 0. The Balaban J connectivity index is 0.00000132. The number of benzene rings is 1. The summed E-state index contributed by atoms with van der Waals surface area (Å²) in [5.41, 5.74) is 7.05. The van der Waals surface area contributed by atoms with Gasteiger partial charge in [-0.15, -0.1) is 12.4 Å². The van der Waals surface area contributed by atoms with Crippen molar-refractivity contribution in [1.29, 1.82) is 0 Å². The van der Waals surface area contributed by atoms with Crippen LogP contribution in [-0.2, 0) is 12.0 Å². The van der Waals surface area contributed by atoms with Crippen molar-refractivity contribution in [2.45, 2.75) is 37.1 Å². The molecule has 4 rings (SSSR count). The van der Waals surface area contributed by atoms with Crippen molar-refractivity contribution in [1.82, 2.24) is 10.1 Å². The summed E-state index contributed by atoms with van der Waals surface area (Å²) in [7, 11) is 0. The first-order valence-electron chi connectivity index (χ1n) is 7.08. The van der Waals surface area contributed by atoms with E-state index in [0.717, 1.165) is 31.4 Å². The maximum Gasteiger partial charge on any atom is 0.233 e. The second-order valence-electron chi connectivity index (χ2n) is 5.79. The molecular weight excluding hydrogens is 290 g/mol. The minimum atomic E-state index is -0.366. The smallest absolute Gasteiger partial charge is 0.233 e. The number of para-hydroxylation sites is 1. The number of nitrogens with two attached hydrogens (primary N) is 1. The second-order valence-corrected chi connectivity index (χ2v) is 5.79. The molecule has 21 heavy (non-hydrogen) atoms. The van der Waals surface area contributed by atoms with Crippen molar-refractivity contribution in [3.8, 4) is 5.75 Å². The normalized spacial score (nSPS) is 22.4. The molecule has 2 N–H and O–H groups in total. The van der Waals surface area contributed by atoms with Crippen molar-refractivity contribution < 1.29 is 9.26 Å². The van der Waals surface area contributed by atoms with Gasteiger partial charge in [-0.3, -0.25) is 0 Å². The lowest BCUT2D eigenvalue weighted by Crippen LogP contribution is -2.44. The highest BCUT2D eigenvalue weighted by Crippen LogP contribution is 2.38. The molecular formula is C15H18ClN3O2. The van der Waals surface area contributed by atoms with E-state index in [1.54, 1.807) is 0 Å². The lowest BCUT2D eigenvalue weighted by Gasteiger charge is -2.34. The molecule has 2 aliphatic rings. The molecule has 0 amide bonds. The maximum absolute atomic E-state index is 6.23. The highest BCUT2D eigenvalue weighted by atomic mass is 35.5. The third-order valence-corrected chi connectivity index (χ3v) is 4.36. The van der Waals surface area contributed by atoms with E-state index >= 15 is 0 Å². The third-order valence-electron chi connectivity index (χ3n) is 4.36. The van der Waals surface area contributed by atoms with Gasteiger partial charge in [0.25, 0.3) is 0 Å². The number of nitrogens with zero attached hydrogens (tertiary/aromatic N) is 2. The number of rotatable bonds is 2. The first kappa shape index (κ1) is 14.4. The SMILES string of the molecule is Cl.NC1(c2noc(C3COc4ccccc4C3)n2)CCC1. The van der Waals surface area contributed by atoms with E-state index in [1.165, 1.54) is 5.56 Å². The van der Waals surface area contributed by atoms with E-state index in [1.807, 2.05) is 18.2 Å². The van der Waals surface area contributed by atoms with Gasteiger partial charge in [-0.1, -0.05) is 23.4 Å². The number of halogens is 1. The quantitative estimate of drug-likeness (QED) is 0.923. The summed E-state index contributed by atoms with van der Waals surface area (Å²) in [5, 5.41) is 4.07. The zero-order valence-electron chi connectivity index (χ0n) is 11.6. The van der Waals surface area contributed by atoms with Crippen LogP contribution in [0.3, 0.4) is 0 Å². The molecule has 1 fully saturated rings. The van der Waals surface area contributed by atoms with E-state index in [2.05, 4.69) is 16.2 Å². The van der Waals surface area contributed by atoms with Gasteiger partial charge in [0, 0.05) is 0 Å². The first-order chi connectivity index (χ1) is 9.74. The van der Waals surface area contributed by atoms with Crippen LogP contribution in [0, 0.1) is 0 Å². The zero-order valence-corrected chi connectivity index (χ0v) is 12.4. The minimum Gasteiger partial charge on any atom is -0.492 e. The monoisotopic (exact) mass is 307 g/mol. The molecule has 1 aromatic carbocycles. The molecule has 0 radical (unpaired) electrons. The number of aromatic nitrogens is 2. The average Bonchev–Trinajstić information content (AvgIpc) is 2.94. The second kappa shape index (κ2) is 5.31. The number of hydrogen-bond acceptors (Lipinski definition) is 5. The van der Waals surface area contributed by atoms with Crippen LogP contribution in [-0.4, -0.2) is 16.7 Å². The number of fused-ring (bicyclic) bond motifs is 1. The summed E-state index contributed by atoms with van der Waals surface area (Å²) < 4.78 is 11.2. The van der Waals surface area contributed by atoms with Crippen molar-refractivity contribution in [3.05, 3.63) is 41.5 Å². The molecule has 1 aliphatic heterocycles. The van der Waals surface area contributed by atoms with Gasteiger partial charge in [-0.2, -0.15) is 4.98 Å². The Morgan fingerprint density at radius 1 is 1.24 bits per heavy atom. The molecule has 2 heterocycles. The Morgan fingerprint density at radius 2 is 2.05 bits per heavy atom. The van der Waals surface area contributed by atoms with Gasteiger partial charge in [0.15, 0.2) is 5.82 Å². The topological polar surface area (TPSA) is 74.2 Å². The van der Waals surface area contributed by atoms with Gasteiger partial charge in [0.2, 0.25) is 5.89 Å². The van der Waals surface area contributed by atoms with E-state index in [9.17, 15) is 0 Å². The molecule has 0 saturated heterocycles. The van der Waals surface area contributed by atoms with Crippen LogP contribution in [0.4, 0.5) is 0 Å². The Labute approximate surface area is 129 Å². The molecule has 6 heteroatoms. The van der Waals surface area contributed by atoms with Crippen LogP contribution in [0.1, 0.15) is 42.5 Å².